The fourth-order valence-electron chi connectivity index (χ4n) is 2.51. The Balaban J connectivity index is 2.49. The van der Waals surface area contributed by atoms with Crippen molar-refractivity contribution in [3.63, 3.8) is 0 Å². The molecule has 1 atom stereocenters. The van der Waals surface area contributed by atoms with E-state index in [1.807, 2.05) is 6.92 Å². The second-order valence-corrected chi connectivity index (χ2v) is 5.02. The molecule has 0 aliphatic rings. The minimum atomic E-state index is -0.225. The molecule has 0 aromatic heterocycles. The molecule has 0 amide bonds. The van der Waals surface area contributed by atoms with E-state index in [0.717, 1.165) is 16.7 Å². The Labute approximate surface area is 113 Å². The van der Waals surface area contributed by atoms with Crippen LogP contribution in [0, 0.1) is 26.6 Å². The van der Waals surface area contributed by atoms with Crippen molar-refractivity contribution in [1.29, 1.82) is 0 Å². The number of hydrogen-bond acceptors (Lipinski definition) is 2. The van der Waals surface area contributed by atoms with E-state index in [4.69, 9.17) is 5.84 Å². The van der Waals surface area contributed by atoms with Gasteiger partial charge < -0.3 is 0 Å². The van der Waals surface area contributed by atoms with Gasteiger partial charge >= 0.3 is 0 Å². The Morgan fingerprint density at radius 3 is 2.16 bits per heavy atom. The van der Waals surface area contributed by atoms with Crippen molar-refractivity contribution in [1.82, 2.24) is 5.43 Å². The first kappa shape index (κ1) is 13.7. The Morgan fingerprint density at radius 1 is 1.00 bits per heavy atom. The Kier molecular flexibility index (Phi) is 3.98. The third-order valence-electron chi connectivity index (χ3n) is 3.29. The number of hydrogen-bond donors (Lipinski definition) is 2. The molecule has 0 spiro atoms. The van der Waals surface area contributed by atoms with Crippen LogP contribution in [0.5, 0.6) is 0 Å². The maximum absolute atomic E-state index is 13.2. The summed E-state index contributed by atoms with van der Waals surface area (Å²) in [5.41, 5.74) is 8.18. The number of halogens is 1. The fourth-order valence-corrected chi connectivity index (χ4v) is 2.51. The monoisotopic (exact) mass is 258 g/mol. The average Bonchev–Trinajstić information content (AvgIpc) is 2.31. The molecule has 2 rings (SSSR count). The number of rotatable bonds is 3. The van der Waals surface area contributed by atoms with Crippen molar-refractivity contribution < 1.29 is 4.39 Å². The van der Waals surface area contributed by atoms with Crippen LogP contribution in [-0.4, -0.2) is 0 Å². The van der Waals surface area contributed by atoms with Gasteiger partial charge in [0.25, 0.3) is 0 Å². The number of aryl methyl sites for hydroxylation is 3. The van der Waals surface area contributed by atoms with Gasteiger partial charge in [-0.25, -0.2) is 9.82 Å². The van der Waals surface area contributed by atoms with Gasteiger partial charge in [-0.1, -0.05) is 35.4 Å². The Bertz CT molecular complexity index is 573. The maximum Gasteiger partial charge on any atom is 0.123 e. The van der Waals surface area contributed by atoms with Crippen LogP contribution in [0.2, 0.25) is 0 Å². The van der Waals surface area contributed by atoms with Gasteiger partial charge in [-0.15, -0.1) is 0 Å². The molecule has 0 fully saturated rings. The maximum atomic E-state index is 13.2. The zero-order valence-corrected chi connectivity index (χ0v) is 11.5. The highest BCUT2D eigenvalue weighted by Gasteiger charge is 2.15. The van der Waals surface area contributed by atoms with Crippen molar-refractivity contribution in [3.05, 3.63) is 70.0 Å². The molecule has 0 saturated carbocycles. The smallest absolute Gasteiger partial charge is 0.123 e. The highest BCUT2D eigenvalue weighted by Crippen LogP contribution is 2.26. The van der Waals surface area contributed by atoms with Gasteiger partial charge in [0.15, 0.2) is 0 Å². The average molecular weight is 258 g/mol. The first-order chi connectivity index (χ1) is 9.01. The molecule has 2 aromatic rings. The van der Waals surface area contributed by atoms with Gasteiger partial charge in [-0.3, -0.25) is 5.84 Å². The van der Waals surface area contributed by atoms with Crippen molar-refractivity contribution in [2.75, 3.05) is 0 Å². The lowest BCUT2D eigenvalue weighted by atomic mass is 9.93. The second kappa shape index (κ2) is 5.51. The van der Waals surface area contributed by atoms with E-state index >= 15 is 0 Å². The normalized spacial score (nSPS) is 12.5. The molecule has 3 heteroatoms. The standard InChI is InChI=1S/C16H19FN2/c1-10-6-11(2)8-13(7-10)16(19-18)15-5-4-14(17)9-12(15)3/h4-9,16,19H,18H2,1-3H3. The van der Waals surface area contributed by atoms with Crippen LogP contribution >= 0.6 is 0 Å². The number of hydrazine groups is 1. The first-order valence-corrected chi connectivity index (χ1v) is 6.31. The lowest BCUT2D eigenvalue weighted by molar-refractivity contribution is 0.611. The summed E-state index contributed by atoms with van der Waals surface area (Å²) in [6.07, 6.45) is 0. The number of benzene rings is 2. The lowest BCUT2D eigenvalue weighted by Gasteiger charge is -2.20. The minimum absolute atomic E-state index is 0.126. The van der Waals surface area contributed by atoms with Gasteiger partial charge in [-0.2, -0.15) is 0 Å². The summed E-state index contributed by atoms with van der Waals surface area (Å²) in [7, 11) is 0. The summed E-state index contributed by atoms with van der Waals surface area (Å²) in [5, 5.41) is 0. The van der Waals surface area contributed by atoms with Gasteiger partial charge in [0, 0.05) is 0 Å². The van der Waals surface area contributed by atoms with Crippen LogP contribution in [0.15, 0.2) is 36.4 Å². The quantitative estimate of drug-likeness (QED) is 0.655. The van der Waals surface area contributed by atoms with Gasteiger partial charge in [0.05, 0.1) is 6.04 Å². The van der Waals surface area contributed by atoms with Crippen LogP contribution in [0.3, 0.4) is 0 Å². The molecular formula is C16H19FN2. The van der Waals surface area contributed by atoms with Gasteiger partial charge in [-0.05, 0) is 49.6 Å². The van der Waals surface area contributed by atoms with E-state index in [-0.39, 0.29) is 11.9 Å². The predicted molar refractivity (Wildman–Crippen MR) is 76.2 cm³/mol. The molecule has 0 heterocycles. The number of nitrogens with one attached hydrogen (secondary N) is 1. The van der Waals surface area contributed by atoms with Crippen LogP contribution in [0.25, 0.3) is 0 Å². The van der Waals surface area contributed by atoms with Crippen molar-refractivity contribution >= 4 is 0 Å². The molecule has 2 nitrogen and oxygen atoms in total. The summed E-state index contributed by atoms with van der Waals surface area (Å²) in [6.45, 7) is 6.01. The molecule has 0 aliphatic carbocycles. The minimum Gasteiger partial charge on any atom is -0.271 e. The molecule has 2 aromatic carbocycles. The molecule has 3 N–H and O–H groups in total. The van der Waals surface area contributed by atoms with E-state index in [0.29, 0.717) is 0 Å². The first-order valence-electron chi connectivity index (χ1n) is 6.31. The van der Waals surface area contributed by atoms with Crippen LogP contribution in [-0.2, 0) is 0 Å². The van der Waals surface area contributed by atoms with Crippen molar-refractivity contribution in [2.45, 2.75) is 26.8 Å². The lowest BCUT2D eigenvalue weighted by Crippen LogP contribution is -2.29. The zero-order chi connectivity index (χ0) is 14.0. The third-order valence-corrected chi connectivity index (χ3v) is 3.29. The highest BCUT2D eigenvalue weighted by molar-refractivity contribution is 5.40. The van der Waals surface area contributed by atoms with Crippen molar-refractivity contribution in [3.8, 4) is 0 Å². The summed E-state index contributed by atoms with van der Waals surface area (Å²) in [6, 6.07) is 11.0. The molecular weight excluding hydrogens is 239 g/mol. The van der Waals surface area contributed by atoms with E-state index < -0.39 is 0 Å². The fraction of sp³-hybridized carbons (Fsp3) is 0.250. The molecule has 0 saturated heterocycles. The third kappa shape index (κ3) is 3.00. The molecule has 1 unspecified atom stereocenters. The molecule has 0 bridgehead atoms. The zero-order valence-electron chi connectivity index (χ0n) is 11.5. The van der Waals surface area contributed by atoms with E-state index in [1.165, 1.54) is 23.3 Å². The summed E-state index contributed by atoms with van der Waals surface area (Å²) >= 11 is 0. The molecule has 100 valence electrons. The topological polar surface area (TPSA) is 38.0 Å². The molecule has 19 heavy (non-hydrogen) atoms. The Hall–Kier alpha value is -1.71. The Morgan fingerprint density at radius 2 is 1.63 bits per heavy atom. The van der Waals surface area contributed by atoms with E-state index in [9.17, 15) is 4.39 Å². The summed E-state index contributed by atoms with van der Waals surface area (Å²) < 4.78 is 13.2. The van der Waals surface area contributed by atoms with Crippen molar-refractivity contribution in [2.24, 2.45) is 5.84 Å². The van der Waals surface area contributed by atoms with Crippen LogP contribution in [0.4, 0.5) is 4.39 Å². The molecule has 0 radical (unpaired) electrons. The van der Waals surface area contributed by atoms with Crippen LogP contribution in [0.1, 0.15) is 33.9 Å². The molecule has 0 aliphatic heterocycles. The second-order valence-electron chi connectivity index (χ2n) is 5.02. The van der Waals surface area contributed by atoms with Crippen LogP contribution < -0.4 is 11.3 Å². The summed E-state index contributed by atoms with van der Waals surface area (Å²) in [5.74, 6) is 5.48. The van der Waals surface area contributed by atoms with E-state index in [1.54, 1.807) is 6.07 Å². The predicted octanol–water partition coefficient (Wildman–Crippen LogP) is 3.30. The SMILES string of the molecule is Cc1cc(C)cc(C(NN)c2ccc(F)cc2C)c1. The summed E-state index contributed by atoms with van der Waals surface area (Å²) in [4.78, 5) is 0. The van der Waals surface area contributed by atoms with Gasteiger partial charge in [0.2, 0.25) is 0 Å². The largest absolute Gasteiger partial charge is 0.271 e. The van der Waals surface area contributed by atoms with Gasteiger partial charge in [0.1, 0.15) is 5.82 Å². The highest BCUT2D eigenvalue weighted by atomic mass is 19.1. The number of nitrogens with two attached hydrogens (primary N) is 1. The van der Waals surface area contributed by atoms with E-state index in [2.05, 4.69) is 37.5 Å².